The molecule has 0 radical (unpaired) electrons. The van der Waals surface area contributed by atoms with Gasteiger partial charge in [0.2, 0.25) is 0 Å². The monoisotopic (exact) mass is 259 g/mol. The minimum absolute atomic E-state index is 0.698. The predicted molar refractivity (Wildman–Crippen MR) is 72.5 cm³/mol. The lowest BCUT2D eigenvalue weighted by atomic mass is 10.1. The fraction of sp³-hybridized carbons (Fsp3) is 0.538. The number of rotatable bonds is 6. The molecule has 0 heterocycles. The molecule has 1 aromatic rings. The lowest BCUT2D eigenvalue weighted by Crippen LogP contribution is -2.21. The SMILES string of the molecule is CC(C)CNCCCc1c(Cl)cccc1Cl. The molecule has 1 rings (SSSR count). The lowest BCUT2D eigenvalue weighted by Gasteiger charge is -2.09. The van der Waals surface area contributed by atoms with Crippen LogP contribution in [0.1, 0.15) is 25.8 Å². The van der Waals surface area contributed by atoms with E-state index in [1.165, 1.54) is 0 Å². The van der Waals surface area contributed by atoms with Crippen LogP contribution in [0.2, 0.25) is 10.0 Å². The maximum atomic E-state index is 6.09. The van der Waals surface area contributed by atoms with Gasteiger partial charge in [0.1, 0.15) is 0 Å². The smallest absolute Gasteiger partial charge is 0.0452 e. The Labute approximate surface area is 108 Å². The third-order valence-corrected chi connectivity index (χ3v) is 3.10. The summed E-state index contributed by atoms with van der Waals surface area (Å²) in [4.78, 5) is 0. The van der Waals surface area contributed by atoms with Crippen LogP contribution in [0.5, 0.6) is 0 Å². The van der Waals surface area contributed by atoms with Gasteiger partial charge in [0.15, 0.2) is 0 Å². The van der Waals surface area contributed by atoms with Crippen molar-refractivity contribution in [2.75, 3.05) is 13.1 Å². The van der Waals surface area contributed by atoms with Gasteiger partial charge in [0.05, 0.1) is 0 Å². The molecule has 90 valence electrons. The quantitative estimate of drug-likeness (QED) is 0.757. The first-order valence-electron chi connectivity index (χ1n) is 5.75. The van der Waals surface area contributed by atoms with Crippen molar-refractivity contribution < 1.29 is 0 Å². The van der Waals surface area contributed by atoms with E-state index in [0.717, 1.165) is 41.5 Å². The van der Waals surface area contributed by atoms with Crippen LogP contribution in [-0.4, -0.2) is 13.1 Å². The third-order valence-electron chi connectivity index (χ3n) is 2.39. The van der Waals surface area contributed by atoms with E-state index in [4.69, 9.17) is 23.2 Å². The van der Waals surface area contributed by atoms with Gasteiger partial charge in [-0.3, -0.25) is 0 Å². The molecule has 1 aromatic carbocycles. The van der Waals surface area contributed by atoms with Gasteiger partial charge in [-0.05, 0) is 49.5 Å². The molecule has 0 aromatic heterocycles. The minimum atomic E-state index is 0.698. The van der Waals surface area contributed by atoms with E-state index in [-0.39, 0.29) is 0 Å². The standard InChI is InChI=1S/C13H19Cl2N/c1-10(2)9-16-8-4-5-11-12(14)6-3-7-13(11)15/h3,6-7,10,16H,4-5,8-9H2,1-2H3. The first-order chi connectivity index (χ1) is 7.61. The molecular weight excluding hydrogens is 241 g/mol. The molecule has 0 saturated heterocycles. The Morgan fingerprint density at radius 2 is 1.81 bits per heavy atom. The minimum Gasteiger partial charge on any atom is -0.316 e. The fourth-order valence-electron chi connectivity index (χ4n) is 1.55. The van der Waals surface area contributed by atoms with Gasteiger partial charge in [-0.2, -0.15) is 0 Å². The molecule has 16 heavy (non-hydrogen) atoms. The van der Waals surface area contributed by atoms with Crippen LogP contribution in [0.25, 0.3) is 0 Å². The summed E-state index contributed by atoms with van der Waals surface area (Å²) >= 11 is 12.2. The maximum absolute atomic E-state index is 6.09. The van der Waals surface area contributed by atoms with Crippen LogP contribution in [0, 0.1) is 5.92 Å². The van der Waals surface area contributed by atoms with Crippen molar-refractivity contribution in [1.29, 1.82) is 0 Å². The Kier molecular flexibility index (Phi) is 6.18. The van der Waals surface area contributed by atoms with Crippen molar-refractivity contribution in [2.45, 2.75) is 26.7 Å². The second kappa shape index (κ2) is 7.16. The van der Waals surface area contributed by atoms with Crippen molar-refractivity contribution in [3.63, 3.8) is 0 Å². The van der Waals surface area contributed by atoms with E-state index in [2.05, 4.69) is 19.2 Å². The second-order valence-corrected chi connectivity index (χ2v) is 5.22. The van der Waals surface area contributed by atoms with Crippen molar-refractivity contribution in [3.8, 4) is 0 Å². The number of halogens is 2. The van der Waals surface area contributed by atoms with Crippen LogP contribution in [0.4, 0.5) is 0 Å². The molecule has 0 atom stereocenters. The lowest BCUT2D eigenvalue weighted by molar-refractivity contribution is 0.543. The van der Waals surface area contributed by atoms with Gasteiger partial charge < -0.3 is 5.32 Å². The molecule has 0 unspecified atom stereocenters. The third kappa shape index (κ3) is 4.73. The molecule has 0 aliphatic carbocycles. The van der Waals surface area contributed by atoms with Gasteiger partial charge in [-0.1, -0.05) is 43.1 Å². The Morgan fingerprint density at radius 1 is 1.19 bits per heavy atom. The number of benzene rings is 1. The van der Waals surface area contributed by atoms with Crippen molar-refractivity contribution in [2.24, 2.45) is 5.92 Å². The largest absolute Gasteiger partial charge is 0.316 e. The average molecular weight is 260 g/mol. The molecule has 0 bridgehead atoms. The summed E-state index contributed by atoms with van der Waals surface area (Å²) in [6.07, 6.45) is 2.00. The van der Waals surface area contributed by atoms with Gasteiger partial charge >= 0.3 is 0 Å². The second-order valence-electron chi connectivity index (χ2n) is 4.40. The molecule has 1 N–H and O–H groups in total. The molecule has 0 amide bonds. The molecule has 0 aliphatic rings. The summed E-state index contributed by atoms with van der Waals surface area (Å²) in [5, 5.41) is 4.96. The summed E-state index contributed by atoms with van der Waals surface area (Å²) in [5.41, 5.74) is 1.07. The zero-order valence-electron chi connectivity index (χ0n) is 9.89. The summed E-state index contributed by atoms with van der Waals surface area (Å²) in [6.45, 7) is 6.49. The summed E-state index contributed by atoms with van der Waals surface area (Å²) in [7, 11) is 0. The van der Waals surface area contributed by atoms with Gasteiger partial charge in [-0.25, -0.2) is 0 Å². The Morgan fingerprint density at radius 3 is 2.38 bits per heavy atom. The van der Waals surface area contributed by atoms with E-state index in [0.29, 0.717) is 5.92 Å². The van der Waals surface area contributed by atoms with Crippen molar-refractivity contribution in [1.82, 2.24) is 5.32 Å². The maximum Gasteiger partial charge on any atom is 0.0452 e. The number of hydrogen-bond acceptors (Lipinski definition) is 1. The first kappa shape index (κ1) is 13.8. The number of hydrogen-bond donors (Lipinski definition) is 1. The van der Waals surface area contributed by atoms with Crippen LogP contribution >= 0.6 is 23.2 Å². The molecule has 0 spiro atoms. The van der Waals surface area contributed by atoms with Gasteiger partial charge in [0.25, 0.3) is 0 Å². The highest BCUT2D eigenvalue weighted by atomic mass is 35.5. The van der Waals surface area contributed by atoms with Crippen LogP contribution in [0.15, 0.2) is 18.2 Å². The van der Waals surface area contributed by atoms with E-state index in [1.54, 1.807) is 0 Å². The molecule has 0 fully saturated rings. The highest BCUT2D eigenvalue weighted by Crippen LogP contribution is 2.25. The van der Waals surface area contributed by atoms with E-state index in [1.807, 2.05) is 18.2 Å². The van der Waals surface area contributed by atoms with Crippen LogP contribution in [0.3, 0.4) is 0 Å². The van der Waals surface area contributed by atoms with Gasteiger partial charge in [0, 0.05) is 10.0 Å². The highest BCUT2D eigenvalue weighted by Gasteiger charge is 2.04. The van der Waals surface area contributed by atoms with Crippen LogP contribution < -0.4 is 5.32 Å². The topological polar surface area (TPSA) is 12.0 Å². The highest BCUT2D eigenvalue weighted by molar-refractivity contribution is 6.35. The van der Waals surface area contributed by atoms with E-state index in [9.17, 15) is 0 Å². The van der Waals surface area contributed by atoms with E-state index >= 15 is 0 Å². The molecule has 0 saturated carbocycles. The number of nitrogens with one attached hydrogen (secondary N) is 1. The Bertz CT molecular complexity index is 303. The van der Waals surface area contributed by atoms with E-state index < -0.39 is 0 Å². The molecule has 1 nitrogen and oxygen atoms in total. The Hall–Kier alpha value is -0.240. The molecule has 0 aliphatic heterocycles. The molecule has 3 heteroatoms. The van der Waals surface area contributed by atoms with Gasteiger partial charge in [-0.15, -0.1) is 0 Å². The van der Waals surface area contributed by atoms with Crippen molar-refractivity contribution in [3.05, 3.63) is 33.8 Å². The zero-order valence-corrected chi connectivity index (χ0v) is 11.4. The Balaban J connectivity index is 2.32. The first-order valence-corrected chi connectivity index (χ1v) is 6.50. The molecular formula is C13H19Cl2N. The average Bonchev–Trinajstić information content (AvgIpc) is 2.21. The summed E-state index contributed by atoms with van der Waals surface area (Å²) < 4.78 is 0. The fourth-order valence-corrected chi connectivity index (χ4v) is 2.14. The predicted octanol–water partition coefficient (Wildman–Crippen LogP) is 4.17. The summed E-state index contributed by atoms with van der Waals surface area (Å²) in [5.74, 6) is 0.698. The summed E-state index contributed by atoms with van der Waals surface area (Å²) in [6, 6.07) is 5.67. The van der Waals surface area contributed by atoms with Crippen molar-refractivity contribution >= 4 is 23.2 Å². The zero-order chi connectivity index (χ0) is 12.0. The normalized spacial score (nSPS) is 11.1. The van der Waals surface area contributed by atoms with Crippen LogP contribution in [-0.2, 0) is 6.42 Å².